The molecule has 3 heterocycles. The summed E-state index contributed by atoms with van der Waals surface area (Å²) in [6.45, 7) is 2.19. The molecule has 4 rings (SSSR count). The molecule has 2 aromatic rings. The fraction of sp³-hybridized carbons (Fsp3) is 0.429. The van der Waals surface area contributed by atoms with Gasteiger partial charge < -0.3 is 9.32 Å². The van der Waals surface area contributed by atoms with E-state index in [-0.39, 0.29) is 5.91 Å². The number of nitrogens with zero attached hydrogens (tertiary/aromatic N) is 3. The number of hydrogen-bond acceptors (Lipinski definition) is 3. The Morgan fingerprint density at radius 2 is 2.26 bits per heavy atom. The lowest BCUT2D eigenvalue weighted by Crippen LogP contribution is -2.38. The van der Waals surface area contributed by atoms with Gasteiger partial charge in [-0.2, -0.15) is 5.10 Å². The van der Waals surface area contributed by atoms with E-state index < -0.39 is 0 Å². The van der Waals surface area contributed by atoms with Gasteiger partial charge in [-0.3, -0.25) is 9.48 Å². The first kappa shape index (κ1) is 10.8. The highest BCUT2D eigenvalue weighted by Gasteiger charge is 2.29. The number of aromatic nitrogens is 2. The van der Waals surface area contributed by atoms with Gasteiger partial charge in [0.2, 0.25) is 0 Å². The molecule has 0 fully saturated rings. The first-order valence-electron chi connectivity index (χ1n) is 6.72. The fourth-order valence-electron chi connectivity index (χ4n) is 3.09. The number of furan rings is 1. The van der Waals surface area contributed by atoms with Gasteiger partial charge in [0.25, 0.3) is 5.91 Å². The second-order valence-electron chi connectivity index (χ2n) is 5.19. The molecule has 0 radical (unpaired) electrons. The Labute approximate surface area is 110 Å². The topological polar surface area (TPSA) is 51.3 Å². The second kappa shape index (κ2) is 3.98. The van der Waals surface area contributed by atoms with Gasteiger partial charge in [-0.25, -0.2) is 0 Å². The lowest BCUT2D eigenvalue weighted by molar-refractivity contribution is 0.0704. The van der Waals surface area contributed by atoms with Crippen molar-refractivity contribution in [3.05, 3.63) is 41.1 Å². The Hall–Kier alpha value is -2.04. The zero-order valence-electron chi connectivity index (χ0n) is 10.6. The van der Waals surface area contributed by atoms with E-state index in [1.165, 1.54) is 29.6 Å². The highest BCUT2D eigenvalue weighted by molar-refractivity contribution is 5.93. The largest absolute Gasteiger partial charge is 0.472 e. The van der Waals surface area contributed by atoms with E-state index in [1.807, 2.05) is 4.90 Å². The molecule has 1 amide bonds. The third-order valence-corrected chi connectivity index (χ3v) is 4.07. The van der Waals surface area contributed by atoms with Crippen molar-refractivity contribution in [3.8, 4) is 0 Å². The number of rotatable bonds is 1. The molecule has 0 unspecified atom stereocenters. The maximum atomic E-state index is 12.3. The van der Waals surface area contributed by atoms with Crippen LogP contribution in [-0.2, 0) is 25.9 Å². The van der Waals surface area contributed by atoms with E-state index in [2.05, 4.69) is 9.78 Å². The van der Waals surface area contributed by atoms with Gasteiger partial charge in [0, 0.05) is 6.54 Å². The van der Waals surface area contributed by atoms with Crippen molar-refractivity contribution in [2.75, 3.05) is 6.54 Å². The van der Waals surface area contributed by atoms with Crippen molar-refractivity contribution in [1.82, 2.24) is 14.7 Å². The molecule has 0 N–H and O–H groups in total. The molecule has 0 bridgehead atoms. The van der Waals surface area contributed by atoms with Gasteiger partial charge in [-0.1, -0.05) is 0 Å². The number of amides is 1. The number of hydrogen-bond donors (Lipinski definition) is 0. The quantitative estimate of drug-likeness (QED) is 0.780. The van der Waals surface area contributed by atoms with Gasteiger partial charge in [-0.05, 0) is 30.9 Å². The molecule has 0 atom stereocenters. The SMILES string of the molecule is O=C(c1ccoc1)N1CCn2nc3c(c2C1)CCC3. The first-order chi connectivity index (χ1) is 9.33. The first-order valence-corrected chi connectivity index (χ1v) is 6.72. The predicted octanol–water partition coefficient (Wildman–Crippen LogP) is 1.62. The van der Waals surface area contributed by atoms with Crippen molar-refractivity contribution < 1.29 is 9.21 Å². The molecule has 98 valence electrons. The molecule has 1 aliphatic heterocycles. The van der Waals surface area contributed by atoms with Crippen molar-refractivity contribution >= 4 is 5.91 Å². The van der Waals surface area contributed by atoms with Crippen LogP contribution in [0.2, 0.25) is 0 Å². The van der Waals surface area contributed by atoms with Crippen LogP contribution in [0, 0.1) is 0 Å². The summed E-state index contributed by atoms with van der Waals surface area (Å²) in [5.41, 5.74) is 4.48. The van der Waals surface area contributed by atoms with Crippen LogP contribution in [0.3, 0.4) is 0 Å². The molecule has 1 aliphatic carbocycles. The molecule has 0 spiro atoms. The van der Waals surface area contributed by atoms with Gasteiger partial charge in [0.15, 0.2) is 0 Å². The van der Waals surface area contributed by atoms with Crippen molar-refractivity contribution in [3.63, 3.8) is 0 Å². The molecule has 5 heteroatoms. The van der Waals surface area contributed by atoms with Gasteiger partial charge in [0.05, 0.1) is 36.3 Å². The number of carbonyl (C=O) groups excluding carboxylic acids is 1. The predicted molar refractivity (Wildman–Crippen MR) is 67.7 cm³/mol. The van der Waals surface area contributed by atoms with Crippen LogP contribution in [0.1, 0.15) is 33.7 Å². The average molecular weight is 257 g/mol. The highest BCUT2D eigenvalue weighted by atomic mass is 16.3. The third kappa shape index (κ3) is 1.61. The van der Waals surface area contributed by atoms with Crippen LogP contribution in [0.15, 0.2) is 23.0 Å². The summed E-state index contributed by atoms with van der Waals surface area (Å²) < 4.78 is 7.08. The van der Waals surface area contributed by atoms with Crippen molar-refractivity contribution in [2.24, 2.45) is 0 Å². The molecular formula is C14H15N3O2. The molecule has 19 heavy (non-hydrogen) atoms. The van der Waals surface area contributed by atoms with Crippen molar-refractivity contribution in [2.45, 2.75) is 32.4 Å². The lowest BCUT2D eigenvalue weighted by atomic mass is 10.1. The van der Waals surface area contributed by atoms with Crippen LogP contribution in [0.25, 0.3) is 0 Å². The van der Waals surface area contributed by atoms with E-state index in [9.17, 15) is 4.79 Å². The van der Waals surface area contributed by atoms with Crippen LogP contribution in [0.4, 0.5) is 0 Å². The Kier molecular flexibility index (Phi) is 2.27. The van der Waals surface area contributed by atoms with Crippen LogP contribution < -0.4 is 0 Å². The fourth-order valence-corrected chi connectivity index (χ4v) is 3.09. The van der Waals surface area contributed by atoms with Crippen molar-refractivity contribution in [1.29, 1.82) is 0 Å². The van der Waals surface area contributed by atoms with E-state index >= 15 is 0 Å². The van der Waals surface area contributed by atoms with Gasteiger partial charge >= 0.3 is 0 Å². The van der Waals surface area contributed by atoms with Crippen LogP contribution in [0.5, 0.6) is 0 Å². The van der Waals surface area contributed by atoms with E-state index in [1.54, 1.807) is 12.3 Å². The molecule has 5 nitrogen and oxygen atoms in total. The van der Waals surface area contributed by atoms with Gasteiger partial charge in [-0.15, -0.1) is 0 Å². The average Bonchev–Trinajstić information content (AvgIpc) is 3.14. The summed E-state index contributed by atoms with van der Waals surface area (Å²) in [5.74, 6) is 0.0490. The Balaban J connectivity index is 1.63. The summed E-state index contributed by atoms with van der Waals surface area (Å²) in [5, 5.41) is 4.65. The highest BCUT2D eigenvalue weighted by Crippen LogP contribution is 2.28. The zero-order chi connectivity index (χ0) is 12.8. The number of aryl methyl sites for hydroxylation is 1. The molecule has 2 aliphatic rings. The summed E-state index contributed by atoms with van der Waals surface area (Å²) in [6, 6.07) is 1.72. The van der Waals surface area contributed by atoms with E-state index in [0.717, 1.165) is 25.9 Å². The second-order valence-corrected chi connectivity index (χ2v) is 5.19. The minimum atomic E-state index is 0.0490. The minimum absolute atomic E-state index is 0.0490. The normalized spacial score (nSPS) is 17.4. The summed E-state index contributed by atoms with van der Waals surface area (Å²) >= 11 is 0. The minimum Gasteiger partial charge on any atom is -0.472 e. The van der Waals surface area contributed by atoms with Crippen LogP contribution >= 0.6 is 0 Å². The smallest absolute Gasteiger partial charge is 0.257 e. The number of fused-ring (bicyclic) bond motifs is 3. The summed E-state index contributed by atoms with van der Waals surface area (Å²) in [4.78, 5) is 14.2. The maximum absolute atomic E-state index is 12.3. The Bertz CT molecular complexity index is 627. The lowest BCUT2D eigenvalue weighted by Gasteiger charge is -2.28. The molecule has 0 saturated heterocycles. The Morgan fingerprint density at radius 3 is 3.11 bits per heavy atom. The molecule has 0 aromatic carbocycles. The molecule has 2 aromatic heterocycles. The van der Waals surface area contributed by atoms with E-state index in [4.69, 9.17) is 4.42 Å². The monoisotopic (exact) mass is 257 g/mol. The van der Waals surface area contributed by atoms with Crippen LogP contribution in [-0.4, -0.2) is 27.1 Å². The van der Waals surface area contributed by atoms with Gasteiger partial charge in [0.1, 0.15) is 6.26 Å². The number of carbonyl (C=O) groups is 1. The molecule has 0 saturated carbocycles. The Morgan fingerprint density at radius 1 is 1.32 bits per heavy atom. The zero-order valence-corrected chi connectivity index (χ0v) is 10.6. The third-order valence-electron chi connectivity index (χ3n) is 4.07. The standard InChI is InChI=1S/C14H15N3O2/c18-14(10-4-7-19-9-10)16-5-6-17-13(8-16)11-2-1-3-12(11)15-17/h4,7,9H,1-3,5-6,8H2. The summed E-state index contributed by atoms with van der Waals surface area (Å²) in [7, 11) is 0. The van der Waals surface area contributed by atoms with E-state index in [0.29, 0.717) is 12.1 Å². The summed E-state index contributed by atoms with van der Waals surface area (Å²) in [6.07, 6.45) is 6.45. The molecular weight excluding hydrogens is 242 g/mol. The maximum Gasteiger partial charge on any atom is 0.257 e.